The van der Waals surface area contributed by atoms with Crippen LogP contribution in [0.5, 0.6) is 5.75 Å². The minimum absolute atomic E-state index is 0.0921. The molecule has 2 atom stereocenters. The lowest BCUT2D eigenvalue weighted by atomic mass is 9.93. The quantitative estimate of drug-likeness (QED) is 0.489. The number of anilines is 2. The molecule has 40 heavy (non-hydrogen) atoms. The van der Waals surface area contributed by atoms with Gasteiger partial charge in [-0.1, -0.05) is 23.7 Å². The second-order valence-corrected chi connectivity index (χ2v) is 10.7. The Morgan fingerprint density at radius 1 is 1.05 bits per heavy atom. The highest BCUT2D eigenvalue weighted by Gasteiger charge is 2.42. The highest BCUT2D eigenvalue weighted by Crippen LogP contribution is 2.34. The van der Waals surface area contributed by atoms with Crippen molar-refractivity contribution in [3.8, 4) is 11.8 Å². The van der Waals surface area contributed by atoms with Crippen molar-refractivity contribution < 1.29 is 14.3 Å². The number of ether oxygens (including phenoxy) is 1. The van der Waals surface area contributed by atoms with Crippen LogP contribution in [0.2, 0.25) is 5.02 Å². The van der Waals surface area contributed by atoms with E-state index in [9.17, 15) is 9.59 Å². The van der Waals surface area contributed by atoms with Crippen LogP contribution in [0.4, 0.5) is 16.3 Å². The number of carbonyl (C=O) groups excluding carboxylic acids is 2. The molecule has 2 amide bonds. The highest BCUT2D eigenvalue weighted by atomic mass is 35.5. The number of likely N-dealkylation sites (tertiary alicyclic amines) is 1. The summed E-state index contributed by atoms with van der Waals surface area (Å²) in [5, 5.41) is 9.65. The van der Waals surface area contributed by atoms with Gasteiger partial charge in [-0.15, -0.1) is 0 Å². The van der Waals surface area contributed by atoms with E-state index in [-0.39, 0.29) is 23.8 Å². The average molecular weight is 559 g/mol. The normalized spacial score (nSPS) is 19.2. The molecule has 5 rings (SSSR count). The number of nitrogens with zero attached hydrogens (tertiary/aromatic N) is 5. The Morgan fingerprint density at radius 2 is 1.75 bits per heavy atom. The Bertz CT molecular complexity index is 1380. The van der Waals surface area contributed by atoms with Crippen molar-refractivity contribution in [3.63, 3.8) is 0 Å². The topological polar surface area (TPSA) is 116 Å². The van der Waals surface area contributed by atoms with Crippen LogP contribution in [0.25, 0.3) is 0 Å². The molecule has 9 nitrogen and oxygen atoms in total. The van der Waals surface area contributed by atoms with Crippen molar-refractivity contribution in [2.75, 3.05) is 43.9 Å². The summed E-state index contributed by atoms with van der Waals surface area (Å²) < 4.78 is 5.60. The van der Waals surface area contributed by atoms with Gasteiger partial charge < -0.3 is 25.2 Å². The van der Waals surface area contributed by atoms with Crippen molar-refractivity contribution in [1.29, 1.82) is 5.26 Å². The molecule has 0 radical (unpaired) electrons. The number of hydrogen-bond acceptors (Lipinski definition) is 7. The van der Waals surface area contributed by atoms with Crippen LogP contribution in [0.1, 0.15) is 29.9 Å². The molecule has 206 valence electrons. The maximum atomic E-state index is 13.7. The predicted octanol–water partition coefficient (Wildman–Crippen LogP) is 4.53. The van der Waals surface area contributed by atoms with Crippen LogP contribution in [-0.2, 0) is 4.79 Å². The number of halogens is 1. The van der Waals surface area contributed by atoms with Gasteiger partial charge in [0.25, 0.3) is 0 Å². The van der Waals surface area contributed by atoms with Gasteiger partial charge >= 0.3 is 6.09 Å². The second-order valence-electron chi connectivity index (χ2n) is 10.3. The van der Waals surface area contributed by atoms with Crippen molar-refractivity contribution in [1.82, 2.24) is 14.8 Å². The first-order valence-electron chi connectivity index (χ1n) is 13.3. The van der Waals surface area contributed by atoms with E-state index in [1.54, 1.807) is 42.4 Å². The minimum atomic E-state index is -0.521. The monoisotopic (exact) mass is 558 g/mol. The van der Waals surface area contributed by atoms with Gasteiger partial charge in [0.2, 0.25) is 5.91 Å². The molecule has 2 aromatic carbocycles. The van der Waals surface area contributed by atoms with E-state index in [1.165, 1.54) is 0 Å². The first-order chi connectivity index (χ1) is 19.3. The number of piperidine rings is 1. The van der Waals surface area contributed by atoms with Crippen molar-refractivity contribution in [3.05, 3.63) is 83.0 Å². The maximum Gasteiger partial charge on any atom is 0.415 e. The smallest absolute Gasteiger partial charge is 0.410 e. The third-order valence-electron chi connectivity index (χ3n) is 7.81. The van der Waals surface area contributed by atoms with Gasteiger partial charge in [-0.25, -0.2) is 9.78 Å². The second kappa shape index (κ2) is 11.8. The Hall–Kier alpha value is -4.29. The molecule has 0 unspecified atom stereocenters. The van der Waals surface area contributed by atoms with Crippen molar-refractivity contribution >= 4 is 35.1 Å². The van der Waals surface area contributed by atoms with Gasteiger partial charge in [-0.3, -0.25) is 4.79 Å². The van der Waals surface area contributed by atoms with Crippen molar-refractivity contribution in [2.45, 2.75) is 24.8 Å². The number of nitriles is 1. The number of carbonyl (C=O) groups is 2. The largest absolute Gasteiger partial charge is 0.415 e. The van der Waals surface area contributed by atoms with E-state index in [2.05, 4.69) is 9.88 Å². The van der Waals surface area contributed by atoms with Gasteiger partial charge in [0, 0.05) is 50.1 Å². The predicted molar refractivity (Wildman–Crippen MR) is 153 cm³/mol. The fraction of sp³-hybridized carbons (Fsp3) is 0.333. The van der Waals surface area contributed by atoms with E-state index in [1.807, 2.05) is 47.4 Å². The molecule has 0 aliphatic carbocycles. The molecule has 2 aliphatic heterocycles. The lowest BCUT2D eigenvalue weighted by Crippen LogP contribution is -2.45. The number of benzene rings is 2. The molecule has 3 aromatic rings. The first-order valence-corrected chi connectivity index (χ1v) is 13.7. The molecule has 2 fully saturated rings. The standard InChI is InChI=1S/C30H31ClN6O3/c1-35(30(39)40-25-9-2-20(16-32)3-10-25)27-19-37(18-26(27)21-4-6-23(31)7-5-21)29(38)22-12-14-36(15-13-22)28-11-8-24(33)17-34-28/h2-11,17,22,26-27H,12-15,18-19,33H2,1H3/t26-,27+/m0/s1. The number of rotatable bonds is 5. The molecule has 10 heteroatoms. The number of likely N-dealkylation sites (N-methyl/N-ethyl adjacent to an activating group) is 1. The minimum Gasteiger partial charge on any atom is -0.410 e. The summed E-state index contributed by atoms with van der Waals surface area (Å²) in [7, 11) is 1.70. The molecule has 2 saturated heterocycles. The van der Waals surface area contributed by atoms with Crippen LogP contribution < -0.4 is 15.4 Å². The molecule has 2 N–H and O–H groups in total. The Balaban J connectivity index is 1.28. The number of nitrogens with two attached hydrogens (primary N) is 1. The fourth-order valence-corrected chi connectivity index (χ4v) is 5.63. The SMILES string of the molecule is CN(C(=O)Oc1ccc(C#N)cc1)[C@@H]1CN(C(=O)C2CCN(c3ccc(N)cn3)CC2)C[C@H]1c1ccc(Cl)cc1. The summed E-state index contributed by atoms with van der Waals surface area (Å²) >= 11 is 6.14. The first kappa shape index (κ1) is 27.3. The lowest BCUT2D eigenvalue weighted by Gasteiger charge is -2.34. The third-order valence-corrected chi connectivity index (χ3v) is 8.06. The average Bonchev–Trinajstić information content (AvgIpc) is 3.43. The molecular formula is C30H31ClN6O3. The van der Waals surface area contributed by atoms with E-state index in [0.717, 1.165) is 37.3 Å². The molecular weight excluding hydrogens is 528 g/mol. The summed E-state index contributed by atoms with van der Waals surface area (Å²) in [5.74, 6) is 1.14. The zero-order valence-corrected chi connectivity index (χ0v) is 23.0. The van der Waals surface area contributed by atoms with Crippen LogP contribution in [0, 0.1) is 17.2 Å². The summed E-state index contributed by atoms with van der Waals surface area (Å²) in [6.45, 7) is 2.38. The third kappa shape index (κ3) is 5.97. The summed E-state index contributed by atoms with van der Waals surface area (Å²) in [6.07, 6.45) is 2.59. The van der Waals surface area contributed by atoms with Gasteiger partial charge in [0.1, 0.15) is 11.6 Å². The van der Waals surface area contributed by atoms with Crippen molar-refractivity contribution in [2.24, 2.45) is 5.92 Å². The van der Waals surface area contributed by atoms with Gasteiger partial charge in [0.15, 0.2) is 0 Å². The fourth-order valence-electron chi connectivity index (χ4n) is 5.50. The molecule has 0 saturated carbocycles. The summed E-state index contributed by atoms with van der Waals surface area (Å²) in [4.78, 5) is 36.9. The highest BCUT2D eigenvalue weighted by molar-refractivity contribution is 6.30. The van der Waals surface area contributed by atoms with Crippen LogP contribution in [0.3, 0.4) is 0 Å². The molecule has 2 aliphatic rings. The Morgan fingerprint density at radius 3 is 2.38 bits per heavy atom. The molecule has 1 aromatic heterocycles. The molecule has 0 spiro atoms. The van der Waals surface area contributed by atoms with E-state index >= 15 is 0 Å². The van der Waals surface area contributed by atoms with Crippen LogP contribution in [0.15, 0.2) is 66.9 Å². The number of pyridine rings is 1. The van der Waals surface area contributed by atoms with Crippen LogP contribution >= 0.6 is 11.6 Å². The lowest BCUT2D eigenvalue weighted by molar-refractivity contribution is -0.135. The van der Waals surface area contributed by atoms with Crippen LogP contribution in [-0.4, -0.2) is 66.1 Å². The number of hydrogen-bond donors (Lipinski definition) is 1. The maximum absolute atomic E-state index is 13.7. The van der Waals surface area contributed by atoms with Gasteiger partial charge in [-0.2, -0.15) is 5.26 Å². The summed E-state index contributed by atoms with van der Waals surface area (Å²) in [5.41, 5.74) is 7.88. The number of aromatic nitrogens is 1. The van der Waals surface area contributed by atoms with E-state index < -0.39 is 6.09 Å². The van der Waals surface area contributed by atoms with E-state index in [0.29, 0.717) is 35.1 Å². The number of nitrogen functional groups attached to an aromatic ring is 1. The van der Waals surface area contributed by atoms with Gasteiger partial charge in [-0.05, 0) is 66.9 Å². The Kier molecular flexibility index (Phi) is 8.08. The summed E-state index contributed by atoms with van der Waals surface area (Å²) in [6, 6.07) is 19.5. The molecule has 3 heterocycles. The van der Waals surface area contributed by atoms with Gasteiger partial charge in [0.05, 0.1) is 29.6 Å². The van der Waals surface area contributed by atoms with E-state index in [4.69, 9.17) is 27.3 Å². The zero-order valence-electron chi connectivity index (χ0n) is 22.2. The Labute approximate surface area is 238 Å². The molecule has 0 bridgehead atoms. The number of amides is 2. The zero-order chi connectivity index (χ0) is 28.2.